The third-order valence-corrected chi connectivity index (χ3v) is 6.60. The summed E-state index contributed by atoms with van der Waals surface area (Å²) in [5.41, 5.74) is 3.71. The number of anilines is 2. The maximum absolute atomic E-state index is 13.2. The van der Waals surface area contributed by atoms with Gasteiger partial charge in [0.2, 0.25) is 5.95 Å². The molecule has 0 bridgehead atoms. The average Bonchev–Trinajstić information content (AvgIpc) is 3.34. The minimum Gasteiger partial charge on any atom is -0.493 e. The summed E-state index contributed by atoms with van der Waals surface area (Å²) in [4.78, 5) is 36.5. The molecule has 0 atom stereocenters. The van der Waals surface area contributed by atoms with Crippen molar-refractivity contribution in [1.82, 2.24) is 24.0 Å². The Bertz CT molecular complexity index is 1340. The molecule has 0 saturated carbocycles. The normalized spacial score (nSPS) is 16.3. The van der Waals surface area contributed by atoms with Gasteiger partial charge in [-0.25, -0.2) is 14.6 Å². The number of piperidine rings is 1. The molecular weight excluding hydrogens is 448 g/mol. The van der Waals surface area contributed by atoms with E-state index >= 15 is 0 Å². The summed E-state index contributed by atoms with van der Waals surface area (Å²) in [6, 6.07) is 4.04. The topological polar surface area (TPSA) is 104 Å². The van der Waals surface area contributed by atoms with Crippen molar-refractivity contribution in [3.63, 3.8) is 0 Å². The van der Waals surface area contributed by atoms with Crippen LogP contribution in [-0.4, -0.2) is 55.4 Å². The van der Waals surface area contributed by atoms with Gasteiger partial charge in [-0.15, -0.1) is 0 Å². The number of likely N-dealkylation sites (tertiary alicyclic amines) is 1. The molecule has 4 heterocycles. The molecule has 0 unspecified atom stereocenters. The van der Waals surface area contributed by atoms with Crippen LogP contribution >= 0.6 is 0 Å². The van der Waals surface area contributed by atoms with Gasteiger partial charge in [0.1, 0.15) is 16.9 Å². The maximum atomic E-state index is 13.2. The Morgan fingerprint density at radius 2 is 1.97 bits per heavy atom. The molecule has 1 amide bonds. The molecule has 0 spiro atoms. The van der Waals surface area contributed by atoms with Crippen LogP contribution in [0.2, 0.25) is 0 Å². The SMILES string of the molecule is Cc1cc2c(cc1Nc1ncc3c(n1)n(C1CCN(C(=O)OC(C)(C)C)CC1)c(=O)n3C)CCO2. The van der Waals surface area contributed by atoms with E-state index in [1.807, 2.05) is 33.8 Å². The molecule has 2 aliphatic heterocycles. The van der Waals surface area contributed by atoms with Crippen molar-refractivity contribution in [3.05, 3.63) is 39.9 Å². The first-order valence-electron chi connectivity index (χ1n) is 12.1. The number of carbonyl (C=O) groups excluding carboxylic acids is 1. The minimum atomic E-state index is -0.537. The smallest absolute Gasteiger partial charge is 0.410 e. The molecule has 35 heavy (non-hydrogen) atoms. The minimum absolute atomic E-state index is 0.0634. The van der Waals surface area contributed by atoms with Gasteiger partial charge in [0.15, 0.2) is 5.65 Å². The summed E-state index contributed by atoms with van der Waals surface area (Å²) in [5, 5.41) is 3.32. The van der Waals surface area contributed by atoms with Gasteiger partial charge in [0.05, 0.1) is 12.8 Å². The number of hydrogen-bond acceptors (Lipinski definition) is 7. The summed E-state index contributed by atoms with van der Waals surface area (Å²) in [5.74, 6) is 1.36. The van der Waals surface area contributed by atoms with E-state index in [4.69, 9.17) is 14.5 Å². The molecule has 10 nitrogen and oxygen atoms in total. The predicted octanol–water partition coefficient (Wildman–Crippen LogP) is 3.69. The Hall–Kier alpha value is -3.56. The number of nitrogens with zero attached hydrogens (tertiary/aromatic N) is 5. The molecule has 1 saturated heterocycles. The Balaban J connectivity index is 1.40. The number of benzene rings is 1. The summed E-state index contributed by atoms with van der Waals surface area (Å²) in [7, 11) is 1.73. The van der Waals surface area contributed by atoms with Gasteiger partial charge in [-0.05, 0) is 63.8 Å². The Kier molecular flexibility index (Phi) is 5.69. The van der Waals surface area contributed by atoms with Crippen LogP contribution in [0, 0.1) is 6.92 Å². The second-order valence-electron chi connectivity index (χ2n) is 10.3. The third kappa shape index (κ3) is 4.44. The first kappa shape index (κ1) is 23.2. The van der Waals surface area contributed by atoms with E-state index in [9.17, 15) is 9.59 Å². The van der Waals surface area contributed by atoms with Crippen LogP contribution in [0.25, 0.3) is 11.2 Å². The quantitative estimate of drug-likeness (QED) is 0.610. The summed E-state index contributed by atoms with van der Waals surface area (Å²) >= 11 is 0. The molecule has 5 rings (SSSR count). The summed E-state index contributed by atoms with van der Waals surface area (Å²) < 4.78 is 14.5. The number of nitrogens with one attached hydrogen (secondary N) is 1. The van der Waals surface area contributed by atoms with Crippen molar-refractivity contribution in [2.45, 2.75) is 58.6 Å². The van der Waals surface area contributed by atoms with Crippen molar-refractivity contribution < 1.29 is 14.3 Å². The predicted molar refractivity (Wildman–Crippen MR) is 133 cm³/mol. The second kappa shape index (κ2) is 8.58. The van der Waals surface area contributed by atoms with E-state index < -0.39 is 5.60 Å². The highest BCUT2D eigenvalue weighted by molar-refractivity contribution is 5.74. The first-order valence-corrected chi connectivity index (χ1v) is 12.1. The fourth-order valence-corrected chi connectivity index (χ4v) is 4.74. The van der Waals surface area contributed by atoms with Crippen LogP contribution in [0.1, 0.15) is 50.8 Å². The Morgan fingerprint density at radius 3 is 2.69 bits per heavy atom. The van der Waals surface area contributed by atoms with Crippen LogP contribution in [-0.2, 0) is 18.2 Å². The largest absolute Gasteiger partial charge is 0.493 e. The summed E-state index contributed by atoms with van der Waals surface area (Å²) in [6.07, 6.45) is 3.54. The van der Waals surface area contributed by atoms with E-state index in [-0.39, 0.29) is 17.8 Å². The molecule has 2 aromatic heterocycles. The van der Waals surface area contributed by atoms with E-state index in [0.29, 0.717) is 49.7 Å². The fourth-order valence-electron chi connectivity index (χ4n) is 4.74. The molecular formula is C25H32N6O4. The van der Waals surface area contributed by atoms with Gasteiger partial charge in [-0.2, -0.15) is 4.98 Å². The highest BCUT2D eigenvalue weighted by atomic mass is 16.6. The van der Waals surface area contributed by atoms with Gasteiger partial charge >= 0.3 is 11.8 Å². The zero-order valence-corrected chi connectivity index (χ0v) is 20.9. The van der Waals surface area contributed by atoms with Crippen LogP contribution in [0.5, 0.6) is 5.75 Å². The molecule has 1 fully saturated rings. The fraction of sp³-hybridized carbons (Fsp3) is 0.520. The number of fused-ring (bicyclic) bond motifs is 2. The number of carbonyl (C=O) groups is 1. The van der Waals surface area contributed by atoms with Gasteiger partial charge < -0.3 is 19.7 Å². The van der Waals surface area contributed by atoms with E-state index in [2.05, 4.69) is 16.4 Å². The zero-order chi connectivity index (χ0) is 24.9. The van der Waals surface area contributed by atoms with Crippen molar-refractivity contribution >= 4 is 28.9 Å². The average molecular weight is 481 g/mol. The number of aromatic nitrogens is 4. The molecule has 3 aromatic rings. The lowest BCUT2D eigenvalue weighted by molar-refractivity contribution is 0.0188. The molecule has 1 N–H and O–H groups in total. The number of ether oxygens (including phenoxy) is 2. The Labute approximate surface area is 203 Å². The first-order chi connectivity index (χ1) is 16.6. The van der Waals surface area contributed by atoms with Crippen LogP contribution in [0.15, 0.2) is 23.1 Å². The van der Waals surface area contributed by atoms with E-state index in [1.54, 1.807) is 27.3 Å². The lowest BCUT2D eigenvalue weighted by Crippen LogP contribution is -2.43. The van der Waals surface area contributed by atoms with Crippen molar-refractivity contribution in [2.75, 3.05) is 25.0 Å². The molecule has 0 aliphatic carbocycles. The van der Waals surface area contributed by atoms with Gasteiger partial charge in [-0.1, -0.05) is 0 Å². The second-order valence-corrected chi connectivity index (χ2v) is 10.3. The molecule has 1 aromatic carbocycles. The number of amides is 1. The van der Waals surface area contributed by atoms with Crippen molar-refractivity contribution in [3.8, 4) is 5.75 Å². The van der Waals surface area contributed by atoms with Gasteiger partial charge in [0.25, 0.3) is 0 Å². The standard InChI is InChI=1S/C25H32N6O4/c1-15-12-20-16(8-11-34-20)13-18(15)27-22-26-14-19-21(28-22)31(23(32)29(19)5)17-6-9-30(10-7-17)24(33)35-25(2,3)4/h12-14,17H,6-11H2,1-5H3,(H,26,27,28). The number of rotatable bonds is 3. The monoisotopic (exact) mass is 480 g/mol. The lowest BCUT2D eigenvalue weighted by Gasteiger charge is -2.33. The molecule has 10 heteroatoms. The highest BCUT2D eigenvalue weighted by Crippen LogP contribution is 2.32. The van der Waals surface area contributed by atoms with Crippen LogP contribution in [0.4, 0.5) is 16.4 Å². The van der Waals surface area contributed by atoms with Crippen LogP contribution < -0.4 is 15.7 Å². The Morgan fingerprint density at radius 1 is 1.23 bits per heavy atom. The summed E-state index contributed by atoms with van der Waals surface area (Å²) in [6.45, 7) is 9.33. The number of hydrogen-bond donors (Lipinski definition) is 1. The van der Waals surface area contributed by atoms with Gasteiger partial charge in [0, 0.05) is 38.3 Å². The molecule has 0 radical (unpaired) electrons. The maximum Gasteiger partial charge on any atom is 0.410 e. The number of aryl methyl sites for hydroxylation is 2. The highest BCUT2D eigenvalue weighted by Gasteiger charge is 2.30. The number of imidazole rings is 1. The lowest BCUT2D eigenvalue weighted by atomic mass is 10.1. The molecule has 2 aliphatic rings. The zero-order valence-electron chi connectivity index (χ0n) is 20.9. The van der Waals surface area contributed by atoms with E-state index in [1.165, 1.54) is 0 Å². The van der Waals surface area contributed by atoms with Crippen molar-refractivity contribution in [1.29, 1.82) is 0 Å². The van der Waals surface area contributed by atoms with Gasteiger partial charge in [-0.3, -0.25) is 9.13 Å². The van der Waals surface area contributed by atoms with Crippen molar-refractivity contribution in [2.24, 2.45) is 7.05 Å². The third-order valence-electron chi connectivity index (χ3n) is 6.60. The van der Waals surface area contributed by atoms with Crippen LogP contribution in [0.3, 0.4) is 0 Å². The van der Waals surface area contributed by atoms with E-state index in [0.717, 1.165) is 29.0 Å². The molecule has 186 valence electrons.